The first-order chi connectivity index (χ1) is 9.16. The maximum Gasteiger partial charge on any atom is 0.103 e. The van der Waals surface area contributed by atoms with Gasteiger partial charge in [0.05, 0.1) is 19.3 Å². The van der Waals surface area contributed by atoms with Gasteiger partial charge in [-0.3, -0.25) is 0 Å². The lowest BCUT2D eigenvalue weighted by molar-refractivity contribution is -0.0575. The van der Waals surface area contributed by atoms with Crippen LogP contribution in [0.1, 0.15) is 42.1 Å². The molecule has 2 unspecified atom stereocenters. The average molecular weight is 264 g/mol. The van der Waals surface area contributed by atoms with Crippen LogP contribution in [0.4, 0.5) is 0 Å². The summed E-state index contributed by atoms with van der Waals surface area (Å²) in [6.07, 6.45) is 3.09. The maximum atomic E-state index is 10.2. The van der Waals surface area contributed by atoms with E-state index >= 15 is 0 Å². The second-order valence-corrected chi connectivity index (χ2v) is 5.40. The van der Waals surface area contributed by atoms with Crippen molar-refractivity contribution in [1.82, 2.24) is 0 Å². The van der Waals surface area contributed by atoms with Crippen LogP contribution in [0.3, 0.4) is 0 Å². The fourth-order valence-corrected chi connectivity index (χ4v) is 2.46. The smallest absolute Gasteiger partial charge is 0.103 e. The van der Waals surface area contributed by atoms with E-state index in [1.165, 1.54) is 6.42 Å². The van der Waals surface area contributed by atoms with Crippen LogP contribution < -0.4 is 0 Å². The first-order valence-electron chi connectivity index (χ1n) is 7.11. The first-order valence-corrected chi connectivity index (χ1v) is 7.11. The molecule has 0 radical (unpaired) electrons. The maximum absolute atomic E-state index is 10.2. The van der Waals surface area contributed by atoms with Gasteiger partial charge in [-0.05, 0) is 44.2 Å². The van der Waals surface area contributed by atoms with Crippen LogP contribution in [0.5, 0.6) is 0 Å². The molecule has 1 N–H and O–H groups in total. The molecule has 1 aromatic carbocycles. The van der Waals surface area contributed by atoms with Crippen LogP contribution in [0.25, 0.3) is 0 Å². The number of aliphatic hydroxyl groups is 1. The Morgan fingerprint density at radius 1 is 1.37 bits per heavy atom. The molecule has 1 aromatic rings. The number of hydrogen-bond acceptors (Lipinski definition) is 3. The monoisotopic (exact) mass is 264 g/mol. The summed E-state index contributed by atoms with van der Waals surface area (Å²) in [5, 5.41) is 10.2. The Labute approximate surface area is 115 Å². The molecule has 0 aromatic heterocycles. The van der Waals surface area contributed by atoms with E-state index in [1.807, 2.05) is 26.0 Å². The minimum Gasteiger partial charge on any atom is -0.386 e. The van der Waals surface area contributed by atoms with Gasteiger partial charge in [-0.1, -0.05) is 23.8 Å². The van der Waals surface area contributed by atoms with E-state index in [1.54, 1.807) is 0 Å². The third-order valence-electron chi connectivity index (χ3n) is 3.65. The summed E-state index contributed by atoms with van der Waals surface area (Å²) in [5.74, 6) is 0. The van der Waals surface area contributed by atoms with Gasteiger partial charge in [0, 0.05) is 6.61 Å². The Morgan fingerprint density at radius 3 is 2.95 bits per heavy atom. The quantitative estimate of drug-likeness (QED) is 0.888. The van der Waals surface area contributed by atoms with Gasteiger partial charge in [-0.15, -0.1) is 0 Å². The summed E-state index contributed by atoms with van der Waals surface area (Å²) in [7, 11) is 0. The molecule has 0 bridgehead atoms. The van der Waals surface area contributed by atoms with Crippen molar-refractivity contribution in [3.63, 3.8) is 0 Å². The average Bonchev–Trinajstić information content (AvgIpc) is 2.42. The van der Waals surface area contributed by atoms with Crippen LogP contribution in [0.2, 0.25) is 0 Å². The zero-order valence-corrected chi connectivity index (χ0v) is 11.9. The number of aliphatic hydroxyl groups excluding tert-OH is 1. The lowest BCUT2D eigenvalue weighted by Crippen LogP contribution is -2.25. The SMILES string of the molecule is Cc1ccc(C)c(C(O)COCC2CCCCO2)c1. The van der Waals surface area contributed by atoms with E-state index in [-0.39, 0.29) is 6.10 Å². The second kappa shape index (κ2) is 7.04. The first kappa shape index (κ1) is 14.5. The van der Waals surface area contributed by atoms with Crippen LogP contribution in [-0.4, -0.2) is 31.0 Å². The molecule has 1 aliphatic heterocycles. The van der Waals surface area contributed by atoms with Gasteiger partial charge in [0.2, 0.25) is 0 Å². The van der Waals surface area contributed by atoms with Crippen molar-refractivity contribution in [2.75, 3.05) is 19.8 Å². The van der Waals surface area contributed by atoms with Crippen molar-refractivity contribution in [3.05, 3.63) is 34.9 Å². The number of hydrogen-bond donors (Lipinski definition) is 1. The molecule has 19 heavy (non-hydrogen) atoms. The standard InChI is InChI=1S/C16H24O3/c1-12-6-7-13(2)15(9-12)16(17)11-18-10-14-5-3-4-8-19-14/h6-7,9,14,16-17H,3-5,8,10-11H2,1-2H3. The van der Waals surface area contributed by atoms with Crippen LogP contribution in [0.15, 0.2) is 18.2 Å². The molecule has 0 aliphatic carbocycles. The van der Waals surface area contributed by atoms with Crippen LogP contribution in [-0.2, 0) is 9.47 Å². The van der Waals surface area contributed by atoms with Gasteiger partial charge in [0.15, 0.2) is 0 Å². The largest absolute Gasteiger partial charge is 0.386 e. The Morgan fingerprint density at radius 2 is 2.21 bits per heavy atom. The highest BCUT2D eigenvalue weighted by Crippen LogP contribution is 2.20. The summed E-state index contributed by atoms with van der Waals surface area (Å²) in [6, 6.07) is 6.13. The molecule has 3 nitrogen and oxygen atoms in total. The van der Waals surface area contributed by atoms with E-state index < -0.39 is 6.10 Å². The Hall–Kier alpha value is -0.900. The van der Waals surface area contributed by atoms with Gasteiger partial charge < -0.3 is 14.6 Å². The van der Waals surface area contributed by atoms with E-state index in [2.05, 4.69) is 6.07 Å². The third-order valence-corrected chi connectivity index (χ3v) is 3.65. The molecule has 0 spiro atoms. The Balaban J connectivity index is 1.80. The summed E-state index contributed by atoms with van der Waals surface area (Å²) in [5.41, 5.74) is 3.23. The van der Waals surface area contributed by atoms with Crippen molar-refractivity contribution in [3.8, 4) is 0 Å². The Bertz CT molecular complexity index is 397. The minimum absolute atomic E-state index is 0.208. The van der Waals surface area contributed by atoms with Crippen LogP contribution >= 0.6 is 0 Å². The molecular formula is C16H24O3. The lowest BCUT2D eigenvalue weighted by atomic mass is 10.0. The Kier molecular flexibility index (Phi) is 5.37. The van der Waals surface area contributed by atoms with Gasteiger partial charge in [-0.2, -0.15) is 0 Å². The van der Waals surface area contributed by atoms with Crippen LogP contribution in [0, 0.1) is 13.8 Å². The highest BCUT2D eigenvalue weighted by Gasteiger charge is 2.16. The van der Waals surface area contributed by atoms with Gasteiger partial charge in [0.1, 0.15) is 6.10 Å². The second-order valence-electron chi connectivity index (χ2n) is 5.40. The number of ether oxygens (including phenoxy) is 2. The van der Waals surface area contributed by atoms with E-state index in [0.29, 0.717) is 13.2 Å². The van der Waals surface area contributed by atoms with Gasteiger partial charge in [0.25, 0.3) is 0 Å². The fraction of sp³-hybridized carbons (Fsp3) is 0.625. The highest BCUT2D eigenvalue weighted by atomic mass is 16.5. The number of benzene rings is 1. The molecule has 1 fully saturated rings. The normalized spacial score (nSPS) is 21.3. The molecule has 2 rings (SSSR count). The zero-order valence-electron chi connectivity index (χ0n) is 11.9. The van der Waals surface area contributed by atoms with Crippen molar-refractivity contribution >= 4 is 0 Å². The number of rotatable bonds is 5. The third kappa shape index (κ3) is 4.30. The molecule has 106 valence electrons. The van der Waals surface area contributed by atoms with Crippen molar-refractivity contribution in [1.29, 1.82) is 0 Å². The topological polar surface area (TPSA) is 38.7 Å². The lowest BCUT2D eigenvalue weighted by Gasteiger charge is -2.23. The van der Waals surface area contributed by atoms with Gasteiger partial charge >= 0.3 is 0 Å². The molecule has 0 amide bonds. The minimum atomic E-state index is -0.552. The van der Waals surface area contributed by atoms with Gasteiger partial charge in [-0.25, -0.2) is 0 Å². The highest BCUT2D eigenvalue weighted by molar-refractivity contribution is 5.32. The van der Waals surface area contributed by atoms with E-state index in [4.69, 9.17) is 9.47 Å². The summed E-state index contributed by atoms with van der Waals surface area (Å²) < 4.78 is 11.2. The number of aryl methyl sites for hydroxylation is 2. The molecule has 1 heterocycles. The predicted molar refractivity (Wildman–Crippen MR) is 75.3 cm³/mol. The van der Waals surface area contributed by atoms with E-state index in [9.17, 15) is 5.11 Å². The summed E-state index contributed by atoms with van der Waals surface area (Å²) in [4.78, 5) is 0. The van der Waals surface area contributed by atoms with Crippen molar-refractivity contribution in [2.45, 2.75) is 45.3 Å². The van der Waals surface area contributed by atoms with Crippen molar-refractivity contribution < 1.29 is 14.6 Å². The van der Waals surface area contributed by atoms with Crippen molar-refractivity contribution in [2.24, 2.45) is 0 Å². The molecule has 3 heteroatoms. The zero-order chi connectivity index (χ0) is 13.7. The molecule has 1 saturated heterocycles. The molecule has 2 atom stereocenters. The summed E-state index contributed by atoms with van der Waals surface area (Å²) >= 11 is 0. The summed E-state index contributed by atoms with van der Waals surface area (Å²) in [6.45, 7) is 5.81. The molecular weight excluding hydrogens is 240 g/mol. The van der Waals surface area contributed by atoms with E-state index in [0.717, 1.165) is 36.1 Å². The molecule has 0 saturated carbocycles. The predicted octanol–water partition coefficient (Wildman–Crippen LogP) is 2.92. The fourth-order valence-electron chi connectivity index (χ4n) is 2.46. The molecule has 1 aliphatic rings.